The average Bonchev–Trinajstić information content (AvgIpc) is 2.01. The molecule has 0 rings (SSSR count). The molecule has 0 bridgehead atoms. The minimum absolute atomic E-state index is 0.293. The SMILES string of the molecule is CCC(C(=O)O)S(=O)CCOC. The molecule has 0 aromatic rings. The number of ether oxygens (including phenoxy) is 1. The number of carboxylic acids is 1. The summed E-state index contributed by atoms with van der Waals surface area (Å²) in [6.45, 7) is 2.06. The molecule has 0 heterocycles. The molecule has 12 heavy (non-hydrogen) atoms. The lowest BCUT2D eigenvalue weighted by Crippen LogP contribution is -2.27. The van der Waals surface area contributed by atoms with Gasteiger partial charge in [-0.15, -0.1) is 0 Å². The second kappa shape index (κ2) is 6.14. The Labute approximate surface area is 74.4 Å². The molecule has 0 aliphatic carbocycles. The molecule has 72 valence electrons. The minimum atomic E-state index is -1.31. The molecule has 1 N–H and O–H groups in total. The van der Waals surface area contributed by atoms with Gasteiger partial charge in [-0.2, -0.15) is 0 Å². The van der Waals surface area contributed by atoms with Gasteiger partial charge in [-0.05, 0) is 6.42 Å². The molecule has 0 aliphatic heterocycles. The lowest BCUT2D eigenvalue weighted by molar-refractivity contribution is -0.136. The summed E-state index contributed by atoms with van der Waals surface area (Å²) in [5.41, 5.74) is 0. The predicted molar refractivity (Wildman–Crippen MR) is 46.6 cm³/mol. The van der Waals surface area contributed by atoms with Crippen LogP contribution in [0.3, 0.4) is 0 Å². The van der Waals surface area contributed by atoms with E-state index in [9.17, 15) is 9.00 Å². The van der Waals surface area contributed by atoms with E-state index in [1.54, 1.807) is 6.92 Å². The van der Waals surface area contributed by atoms with Crippen LogP contribution in [-0.4, -0.2) is 40.0 Å². The van der Waals surface area contributed by atoms with Crippen molar-refractivity contribution in [2.24, 2.45) is 0 Å². The normalized spacial score (nSPS) is 15.5. The van der Waals surface area contributed by atoms with E-state index in [-0.39, 0.29) is 0 Å². The Bertz CT molecular complexity index is 169. The molecule has 0 radical (unpaired) electrons. The van der Waals surface area contributed by atoms with E-state index in [0.717, 1.165) is 0 Å². The van der Waals surface area contributed by atoms with E-state index in [2.05, 4.69) is 0 Å². The van der Waals surface area contributed by atoms with Crippen molar-refractivity contribution in [3.8, 4) is 0 Å². The molecular weight excluding hydrogens is 180 g/mol. The molecule has 0 saturated heterocycles. The van der Waals surface area contributed by atoms with Gasteiger partial charge < -0.3 is 9.84 Å². The zero-order valence-electron chi connectivity index (χ0n) is 7.28. The second-order valence-electron chi connectivity index (χ2n) is 2.31. The van der Waals surface area contributed by atoms with Crippen molar-refractivity contribution in [2.75, 3.05) is 19.5 Å². The summed E-state index contributed by atoms with van der Waals surface area (Å²) in [6.07, 6.45) is 0.395. The summed E-state index contributed by atoms with van der Waals surface area (Å²) < 4.78 is 15.9. The smallest absolute Gasteiger partial charge is 0.319 e. The molecule has 5 heteroatoms. The van der Waals surface area contributed by atoms with Crippen molar-refractivity contribution in [1.29, 1.82) is 0 Å². The molecule has 2 unspecified atom stereocenters. The van der Waals surface area contributed by atoms with Crippen molar-refractivity contribution < 1.29 is 18.8 Å². The van der Waals surface area contributed by atoms with Gasteiger partial charge >= 0.3 is 5.97 Å². The van der Waals surface area contributed by atoms with Gasteiger partial charge in [0.25, 0.3) is 0 Å². The van der Waals surface area contributed by atoms with E-state index in [0.29, 0.717) is 18.8 Å². The van der Waals surface area contributed by atoms with E-state index >= 15 is 0 Å². The third-order valence-corrected chi connectivity index (χ3v) is 3.19. The Morgan fingerprint density at radius 1 is 1.67 bits per heavy atom. The zero-order chi connectivity index (χ0) is 9.56. The Balaban J connectivity index is 3.95. The lowest BCUT2D eigenvalue weighted by atomic mass is 10.3. The highest BCUT2D eigenvalue weighted by molar-refractivity contribution is 7.86. The first-order valence-corrected chi connectivity index (χ1v) is 5.10. The first-order chi connectivity index (χ1) is 5.63. The fraction of sp³-hybridized carbons (Fsp3) is 0.857. The lowest BCUT2D eigenvalue weighted by Gasteiger charge is -2.08. The molecule has 2 atom stereocenters. The van der Waals surface area contributed by atoms with Gasteiger partial charge in [0.1, 0.15) is 5.25 Å². The van der Waals surface area contributed by atoms with E-state index < -0.39 is 22.0 Å². The summed E-state index contributed by atoms with van der Waals surface area (Å²) in [5, 5.41) is 7.86. The topological polar surface area (TPSA) is 63.6 Å². The van der Waals surface area contributed by atoms with Crippen LogP contribution in [-0.2, 0) is 20.3 Å². The average molecular weight is 194 g/mol. The maximum Gasteiger partial charge on any atom is 0.319 e. The van der Waals surface area contributed by atoms with Crippen molar-refractivity contribution in [2.45, 2.75) is 18.6 Å². The highest BCUT2D eigenvalue weighted by Crippen LogP contribution is 2.02. The van der Waals surface area contributed by atoms with Crippen LogP contribution in [0.4, 0.5) is 0 Å². The number of aliphatic carboxylic acids is 1. The maximum absolute atomic E-state index is 11.2. The monoisotopic (exact) mass is 194 g/mol. The van der Waals surface area contributed by atoms with Gasteiger partial charge in [0.15, 0.2) is 0 Å². The summed E-state index contributed by atoms with van der Waals surface area (Å²) in [4.78, 5) is 10.5. The molecule has 0 aromatic carbocycles. The fourth-order valence-corrected chi connectivity index (χ4v) is 1.99. The third-order valence-electron chi connectivity index (χ3n) is 1.45. The molecule has 0 saturated carbocycles. The predicted octanol–water partition coefficient (Wildman–Crippen LogP) is 0.245. The van der Waals surface area contributed by atoms with Crippen LogP contribution < -0.4 is 0 Å². The number of hydrogen-bond donors (Lipinski definition) is 1. The van der Waals surface area contributed by atoms with Crippen LogP contribution in [0.5, 0.6) is 0 Å². The fourth-order valence-electron chi connectivity index (χ4n) is 0.781. The highest BCUT2D eigenvalue weighted by atomic mass is 32.2. The Hall–Kier alpha value is -0.420. The second-order valence-corrected chi connectivity index (χ2v) is 4.05. The Morgan fingerprint density at radius 3 is 2.58 bits per heavy atom. The summed E-state index contributed by atoms with van der Waals surface area (Å²) >= 11 is 0. The molecule has 0 aliphatic rings. The largest absolute Gasteiger partial charge is 0.480 e. The van der Waals surface area contributed by atoms with Gasteiger partial charge in [-0.25, -0.2) is 0 Å². The first kappa shape index (κ1) is 11.6. The van der Waals surface area contributed by atoms with Crippen molar-refractivity contribution in [3.63, 3.8) is 0 Å². The summed E-state index contributed by atoms with van der Waals surface area (Å²) in [5.74, 6) is -0.701. The van der Waals surface area contributed by atoms with E-state index in [1.807, 2.05) is 0 Å². The Kier molecular flexibility index (Phi) is 5.92. The van der Waals surface area contributed by atoms with E-state index in [1.165, 1.54) is 7.11 Å². The van der Waals surface area contributed by atoms with Gasteiger partial charge in [0, 0.05) is 23.7 Å². The quantitative estimate of drug-likeness (QED) is 0.658. The molecule has 4 nitrogen and oxygen atoms in total. The number of carboxylic acid groups (broad SMARTS) is 1. The number of hydrogen-bond acceptors (Lipinski definition) is 3. The Morgan fingerprint density at radius 2 is 2.25 bits per heavy atom. The number of carbonyl (C=O) groups is 1. The van der Waals surface area contributed by atoms with Crippen LogP contribution in [0.25, 0.3) is 0 Å². The third kappa shape index (κ3) is 3.82. The van der Waals surface area contributed by atoms with Crippen LogP contribution in [0.2, 0.25) is 0 Å². The van der Waals surface area contributed by atoms with Crippen LogP contribution in [0.1, 0.15) is 13.3 Å². The van der Waals surface area contributed by atoms with Crippen LogP contribution in [0, 0.1) is 0 Å². The van der Waals surface area contributed by atoms with Gasteiger partial charge in [0.05, 0.1) is 6.61 Å². The minimum Gasteiger partial charge on any atom is -0.480 e. The van der Waals surface area contributed by atoms with Crippen LogP contribution >= 0.6 is 0 Å². The van der Waals surface area contributed by atoms with Crippen molar-refractivity contribution in [3.05, 3.63) is 0 Å². The molecule has 0 fully saturated rings. The summed E-state index contributed by atoms with van der Waals surface area (Å²) in [6, 6.07) is 0. The van der Waals surface area contributed by atoms with Gasteiger partial charge in [-0.3, -0.25) is 9.00 Å². The summed E-state index contributed by atoms with van der Waals surface area (Å²) in [7, 11) is 0.187. The van der Waals surface area contributed by atoms with Crippen LogP contribution in [0.15, 0.2) is 0 Å². The van der Waals surface area contributed by atoms with Crippen molar-refractivity contribution >= 4 is 16.8 Å². The van der Waals surface area contributed by atoms with Gasteiger partial charge in [-0.1, -0.05) is 6.92 Å². The van der Waals surface area contributed by atoms with Gasteiger partial charge in [0.2, 0.25) is 0 Å². The molecular formula is C7H14O4S. The standard InChI is InChI=1S/C7H14O4S/c1-3-6(7(8)9)12(10)5-4-11-2/h6H,3-5H2,1-2H3,(H,8,9). The maximum atomic E-state index is 11.2. The zero-order valence-corrected chi connectivity index (χ0v) is 8.10. The number of methoxy groups -OCH3 is 1. The molecule has 0 aromatic heterocycles. The molecule has 0 spiro atoms. The molecule has 0 amide bonds. The highest BCUT2D eigenvalue weighted by Gasteiger charge is 2.21. The first-order valence-electron chi connectivity index (χ1n) is 3.72. The number of rotatable bonds is 6. The van der Waals surface area contributed by atoms with Crippen molar-refractivity contribution in [1.82, 2.24) is 0 Å². The van der Waals surface area contributed by atoms with E-state index in [4.69, 9.17) is 9.84 Å².